The molecular weight excluding hydrogens is 176 g/mol. The van der Waals surface area contributed by atoms with Crippen molar-refractivity contribution < 1.29 is 5.11 Å². The van der Waals surface area contributed by atoms with E-state index in [1.165, 1.54) is 5.69 Å². The van der Waals surface area contributed by atoms with Gasteiger partial charge in [-0.3, -0.25) is 4.90 Å². The van der Waals surface area contributed by atoms with Crippen LogP contribution < -0.4 is 0 Å². The maximum Gasteiger partial charge on any atom is 0.0471 e. The van der Waals surface area contributed by atoms with Crippen LogP contribution in [0.4, 0.5) is 0 Å². The summed E-state index contributed by atoms with van der Waals surface area (Å²) in [4.78, 5) is 2.41. The van der Waals surface area contributed by atoms with E-state index in [1.807, 2.05) is 0 Å². The number of rotatable bonds is 3. The minimum Gasteiger partial charge on any atom is -0.396 e. The fourth-order valence-electron chi connectivity index (χ4n) is 2.10. The first-order valence-corrected chi connectivity index (χ1v) is 5.23. The number of aliphatic hydroxyl groups excluding tert-OH is 1. The third-order valence-corrected chi connectivity index (χ3v) is 3.07. The van der Waals surface area contributed by atoms with Gasteiger partial charge in [-0.25, -0.2) is 0 Å². The highest BCUT2D eigenvalue weighted by molar-refractivity contribution is 5.06. The first-order valence-electron chi connectivity index (χ1n) is 5.23. The molecule has 0 spiro atoms. The SMILES string of the molecule is Cn1cccc1CN1CC[C@H](CO)C1. The number of hydrogen-bond donors (Lipinski definition) is 1. The van der Waals surface area contributed by atoms with Gasteiger partial charge in [0.05, 0.1) is 0 Å². The molecule has 1 saturated heterocycles. The van der Waals surface area contributed by atoms with E-state index in [1.54, 1.807) is 0 Å². The normalized spacial score (nSPS) is 23.1. The summed E-state index contributed by atoms with van der Waals surface area (Å²) in [5.41, 5.74) is 1.35. The molecule has 1 aliphatic rings. The lowest BCUT2D eigenvalue weighted by Crippen LogP contribution is -2.22. The van der Waals surface area contributed by atoms with Gasteiger partial charge in [-0.15, -0.1) is 0 Å². The zero-order valence-corrected chi connectivity index (χ0v) is 8.69. The fraction of sp³-hybridized carbons (Fsp3) is 0.636. The second-order valence-corrected chi connectivity index (χ2v) is 4.18. The summed E-state index contributed by atoms with van der Waals surface area (Å²) in [6, 6.07) is 4.24. The quantitative estimate of drug-likeness (QED) is 0.772. The molecule has 0 bridgehead atoms. The summed E-state index contributed by atoms with van der Waals surface area (Å²) < 4.78 is 2.16. The summed E-state index contributed by atoms with van der Waals surface area (Å²) in [7, 11) is 2.08. The highest BCUT2D eigenvalue weighted by Gasteiger charge is 2.21. The molecule has 0 amide bonds. The van der Waals surface area contributed by atoms with Crippen LogP contribution in [0.15, 0.2) is 18.3 Å². The lowest BCUT2D eigenvalue weighted by Gasteiger charge is -2.15. The Bertz CT molecular complexity index is 295. The van der Waals surface area contributed by atoms with Crippen molar-refractivity contribution in [2.45, 2.75) is 13.0 Å². The Morgan fingerprint density at radius 3 is 3.00 bits per heavy atom. The molecular formula is C11H18N2O. The molecule has 1 aromatic heterocycles. The molecule has 0 radical (unpaired) electrons. The lowest BCUT2D eigenvalue weighted by molar-refractivity contribution is 0.219. The Morgan fingerprint density at radius 1 is 1.57 bits per heavy atom. The van der Waals surface area contributed by atoms with Crippen molar-refractivity contribution in [1.82, 2.24) is 9.47 Å². The van der Waals surface area contributed by atoms with E-state index in [0.717, 1.165) is 26.1 Å². The van der Waals surface area contributed by atoms with Crippen molar-refractivity contribution in [3.05, 3.63) is 24.0 Å². The molecule has 0 saturated carbocycles. The summed E-state index contributed by atoms with van der Waals surface area (Å²) >= 11 is 0. The van der Waals surface area contributed by atoms with E-state index < -0.39 is 0 Å². The number of likely N-dealkylation sites (tertiary alicyclic amines) is 1. The van der Waals surface area contributed by atoms with E-state index in [4.69, 9.17) is 5.11 Å². The van der Waals surface area contributed by atoms with Crippen molar-refractivity contribution in [1.29, 1.82) is 0 Å². The molecule has 1 N–H and O–H groups in total. The monoisotopic (exact) mass is 194 g/mol. The first-order chi connectivity index (χ1) is 6.79. The molecule has 1 aromatic rings. The maximum absolute atomic E-state index is 9.03. The Morgan fingerprint density at radius 2 is 2.43 bits per heavy atom. The molecule has 2 rings (SSSR count). The number of aromatic nitrogens is 1. The van der Waals surface area contributed by atoms with Gasteiger partial charge >= 0.3 is 0 Å². The first kappa shape index (κ1) is 9.74. The van der Waals surface area contributed by atoms with Crippen LogP contribution in [0, 0.1) is 5.92 Å². The van der Waals surface area contributed by atoms with Crippen molar-refractivity contribution in [3.63, 3.8) is 0 Å². The van der Waals surface area contributed by atoms with Gasteiger partial charge in [-0.05, 0) is 31.0 Å². The van der Waals surface area contributed by atoms with Crippen LogP contribution in [-0.2, 0) is 13.6 Å². The van der Waals surface area contributed by atoms with Gasteiger partial charge in [-0.1, -0.05) is 0 Å². The largest absolute Gasteiger partial charge is 0.396 e. The number of nitrogens with zero attached hydrogens (tertiary/aromatic N) is 2. The van der Waals surface area contributed by atoms with Gasteiger partial charge in [0.15, 0.2) is 0 Å². The van der Waals surface area contributed by atoms with Crippen LogP contribution in [0.2, 0.25) is 0 Å². The zero-order valence-electron chi connectivity index (χ0n) is 8.69. The summed E-state index contributed by atoms with van der Waals surface area (Å²) in [5, 5.41) is 9.03. The second-order valence-electron chi connectivity index (χ2n) is 4.18. The molecule has 78 valence electrons. The van der Waals surface area contributed by atoms with Crippen LogP contribution in [0.1, 0.15) is 12.1 Å². The fourth-order valence-corrected chi connectivity index (χ4v) is 2.10. The number of aliphatic hydroxyl groups is 1. The van der Waals surface area contributed by atoms with Gasteiger partial charge in [0.1, 0.15) is 0 Å². The molecule has 0 aliphatic carbocycles. The molecule has 1 aliphatic heterocycles. The van der Waals surface area contributed by atoms with E-state index in [9.17, 15) is 0 Å². The smallest absolute Gasteiger partial charge is 0.0471 e. The highest BCUT2D eigenvalue weighted by atomic mass is 16.3. The summed E-state index contributed by atoms with van der Waals surface area (Å²) in [5.74, 6) is 0.496. The van der Waals surface area contributed by atoms with Crippen molar-refractivity contribution in [2.75, 3.05) is 19.7 Å². The molecule has 0 unspecified atom stereocenters. The molecule has 1 fully saturated rings. The van der Waals surface area contributed by atoms with Crippen LogP contribution in [0.3, 0.4) is 0 Å². The summed E-state index contributed by atoms with van der Waals surface area (Å²) in [6.07, 6.45) is 3.22. The minimum absolute atomic E-state index is 0.337. The van der Waals surface area contributed by atoms with E-state index in [0.29, 0.717) is 12.5 Å². The zero-order chi connectivity index (χ0) is 9.97. The molecule has 3 nitrogen and oxygen atoms in total. The van der Waals surface area contributed by atoms with E-state index >= 15 is 0 Å². The molecule has 0 aromatic carbocycles. The second kappa shape index (κ2) is 4.15. The van der Waals surface area contributed by atoms with Crippen LogP contribution in [0.25, 0.3) is 0 Å². The molecule has 14 heavy (non-hydrogen) atoms. The Kier molecular flexibility index (Phi) is 2.89. The lowest BCUT2D eigenvalue weighted by atomic mass is 10.1. The predicted molar refractivity (Wildman–Crippen MR) is 55.9 cm³/mol. The average Bonchev–Trinajstić information content (AvgIpc) is 2.77. The van der Waals surface area contributed by atoms with Gasteiger partial charge in [0.2, 0.25) is 0 Å². The van der Waals surface area contributed by atoms with Gasteiger partial charge in [0.25, 0.3) is 0 Å². The molecule has 2 heterocycles. The van der Waals surface area contributed by atoms with Gasteiger partial charge in [0, 0.05) is 38.6 Å². The van der Waals surface area contributed by atoms with Gasteiger partial charge < -0.3 is 9.67 Å². The standard InChI is InChI=1S/C11H18N2O/c1-12-5-2-3-11(12)8-13-6-4-10(7-13)9-14/h2-3,5,10,14H,4,6-9H2,1H3/t10-/m0/s1. The van der Waals surface area contributed by atoms with Gasteiger partial charge in [-0.2, -0.15) is 0 Å². The minimum atomic E-state index is 0.337. The highest BCUT2D eigenvalue weighted by Crippen LogP contribution is 2.17. The summed E-state index contributed by atoms with van der Waals surface area (Å²) in [6.45, 7) is 3.52. The van der Waals surface area contributed by atoms with E-state index in [-0.39, 0.29) is 0 Å². The van der Waals surface area contributed by atoms with Crippen LogP contribution in [0.5, 0.6) is 0 Å². The topological polar surface area (TPSA) is 28.4 Å². The van der Waals surface area contributed by atoms with Crippen LogP contribution in [-0.4, -0.2) is 34.3 Å². The van der Waals surface area contributed by atoms with Crippen LogP contribution >= 0.6 is 0 Å². The number of hydrogen-bond acceptors (Lipinski definition) is 2. The van der Waals surface area contributed by atoms with Crippen molar-refractivity contribution in [3.8, 4) is 0 Å². The third-order valence-electron chi connectivity index (χ3n) is 3.07. The van der Waals surface area contributed by atoms with Crippen molar-refractivity contribution >= 4 is 0 Å². The molecule has 3 heteroatoms. The third kappa shape index (κ3) is 1.99. The van der Waals surface area contributed by atoms with E-state index in [2.05, 4.69) is 34.8 Å². The predicted octanol–water partition coefficient (Wildman–Crippen LogP) is 0.839. The average molecular weight is 194 g/mol. The Hall–Kier alpha value is -0.800. The Balaban J connectivity index is 1.90. The van der Waals surface area contributed by atoms with Crippen molar-refractivity contribution in [2.24, 2.45) is 13.0 Å². The maximum atomic E-state index is 9.03. The molecule has 1 atom stereocenters. The number of aryl methyl sites for hydroxylation is 1. The Labute approximate surface area is 85.0 Å².